The summed E-state index contributed by atoms with van der Waals surface area (Å²) in [4.78, 5) is 17.9. The molecule has 0 aromatic carbocycles. The molecule has 92 valence electrons. The van der Waals surface area contributed by atoms with Crippen molar-refractivity contribution in [3.63, 3.8) is 0 Å². The molecule has 5 nitrogen and oxygen atoms in total. The number of anilines is 1. The molecule has 2 heterocycles. The summed E-state index contributed by atoms with van der Waals surface area (Å²) < 4.78 is 0. The summed E-state index contributed by atoms with van der Waals surface area (Å²) in [5.74, 6) is 0.270. The molecule has 2 rings (SSSR count). The fourth-order valence-corrected chi connectivity index (χ4v) is 2.14. The Bertz CT molecular complexity index is 414. The molecule has 1 atom stereocenters. The minimum Gasteiger partial charge on any atom is -0.391 e. The maximum absolute atomic E-state index is 12.2. The van der Waals surface area contributed by atoms with E-state index >= 15 is 0 Å². The minimum atomic E-state index is -0.409. The lowest BCUT2D eigenvalue weighted by Gasteiger charge is -2.30. The number of likely N-dealkylation sites (tertiary alicyclic amines) is 1. The Morgan fingerprint density at radius 1 is 1.59 bits per heavy atom. The molecule has 1 amide bonds. The molecule has 17 heavy (non-hydrogen) atoms. The summed E-state index contributed by atoms with van der Waals surface area (Å²) in [5, 5.41) is 9.55. The number of piperidine rings is 1. The fourth-order valence-electron chi connectivity index (χ4n) is 2.14. The van der Waals surface area contributed by atoms with Crippen LogP contribution in [0, 0.1) is 6.92 Å². The highest BCUT2D eigenvalue weighted by Crippen LogP contribution is 2.15. The van der Waals surface area contributed by atoms with Crippen LogP contribution in [-0.4, -0.2) is 40.1 Å². The van der Waals surface area contributed by atoms with E-state index in [2.05, 4.69) is 4.98 Å². The third kappa shape index (κ3) is 2.74. The van der Waals surface area contributed by atoms with Gasteiger partial charge in [-0.1, -0.05) is 0 Å². The second kappa shape index (κ2) is 4.71. The van der Waals surface area contributed by atoms with Crippen LogP contribution in [0.4, 0.5) is 5.82 Å². The molecule has 5 heteroatoms. The number of rotatable bonds is 1. The molecule has 0 aliphatic carbocycles. The van der Waals surface area contributed by atoms with Gasteiger partial charge in [-0.05, 0) is 31.9 Å². The van der Waals surface area contributed by atoms with Gasteiger partial charge in [0.2, 0.25) is 0 Å². The van der Waals surface area contributed by atoms with Gasteiger partial charge in [-0.3, -0.25) is 4.79 Å². The molecule has 1 fully saturated rings. The highest BCUT2D eigenvalue weighted by molar-refractivity contribution is 5.95. The molecule has 3 N–H and O–H groups in total. The maximum Gasteiger partial charge on any atom is 0.254 e. The highest BCUT2D eigenvalue weighted by Gasteiger charge is 2.23. The molecule has 0 bridgehead atoms. The van der Waals surface area contributed by atoms with Crippen molar-refractivity contribution in [3.8, 4) is 0 Å². The van der Waals surface area contributed by atoms with E-state index in [1.165, 1.54) is 0 Å². The Hall–Kier alpha value is -1.62. The van der Waals surface area contributed by atoms with Gasteiger partial charge in [-0.15, -0.1) is 0 Å². The number of aryl methyl sites for hydroxylation is 1. The lowest BCUT2D eigenvalue weighted by atomic mass is 10.1. The Morgan fingerprint density at radius 2 is 2.35 bits per heavy atom. The number of nitrogens with two attached hydrogens (primary N) is 1. The van der Waals surface area contributed by atoms with E-state index in [4.69, 9.17) is 5.73 Å². The quantitative estimate of drug-likeness (QED) is 0.745. The SMILES string of the molecule is Cc1cc(C(=O)N2CCCC(O)C2)cc(N)n1. The van der Waals surface area contributed by atoms with Gasteiger partial charge < -0.3 is 15.7 Å². The number of aliphatic hydroxyl groups excluding tert-OH is 1. The first-order valence-corrected chi connectivity index (χ1v) is 5.78. The normalized spacial score (nSPS) is 20.4. The van der Waals surface area contributed by atoms with Crippen molar-refractivity contribution in [1.29, 1.82) is 0 Å². The van der Waals surface area contributed by atoms with E-state index in [9.17, 15) is 9.90 Å². The van der Waals surface area contributed by atoms with Crippen molar-refractivity contribution < 1.29 is 9.90 Å². The van der Waals surface area contributed by atoms with Crippen LogP contribution in [0.25, 0.3) is 0 Å². The van der Waals surface area contributed by atoms with Crippen LogP contribution < -0.4 is 5.73 Å². The molecule has 1 aromatic heterocycles. The average Bonchev–Trinajstić information content (AvgIpc) is 2.26. The summed E-state index contributed by atoms with van der Waals surface area (Å²) in [5.41, 5.74) is 6.90. The molecule has 0 spiro atoms. The summed E-state index contributed by atoms with van der Waals surface area (Å²) in [7, 11) is 0. The van der Waals surface area contributed by atoms with Gasteiger partial charge in [0.25, 0.3) is 5.91 Å². The first-order valence-electron chi connectivity index (χ1n) is 5.78. The van der Waals surface area contributed by atoms with E-state index in [1.807, 2.05) is 0 Å². The number of β-amino-alcohol motifs (C(OH)–C–C–N with tert-alkyl or cyclic N) is 1. The largest absolute Gasteiger partial charge is 0.391 e. The van der Waals surface area contributed by atoms with Gasteiger partial charge in [0, 0.05) is 24.3 Å². The van der Waals surface area contributed by atoms with Crippen molar-refractivity contribution in [2.24, 2.45) is 0 Å². The Labute approximate surface area is 100 Å². The van der Waals surface area contributed by atoms with Gasteiger partial charge in [0.1, 0.15) is 5.82 Å². The van der Waals surface area contributed by atoms with Gasteiger partial charge in [-0.25, -0.2) is 4.98 Å². The number of aliphatic hydroxyl groups is 1. The van der Waals surface area contributed by atoms with Crippen molar-refractivity contribution in [2.75, 3.05) is 18.8 Å². The smallest absolute Gasteiger partial charge is 0.254 e. The van der Waals surface area contributed by atoms with Crippen LogP contribution >= 0.6 is 0 Å². The second-order valence-corrected chi connectivity index (χ2v) is 4.47. The van der Waals surface area contributed by atoms with Gasteiger partial charge in [0.05, 0.1) is 6.10 Å². The summed E-state index contributed by atoms with van der Waals surface area (Å²) >= 11 is 0. The number of aromatic nitrogens is 1. The molecule has 1 aliphatic rings. The number of nitrogen functional groups attached to an aromatic ring is 1. The lowest BCUT2D eigenvalue weighted by Crippen LogP contribution is -2.42. The third-order valence-corrected chi connectivity index (χ3v) is 2.90. The van der Waals surface area contributed by atoms with Crippen molar-refractivity contribution in [2.45, 2.75) is 25.9 Å². The molecule has 0 radical (unpaired) electrons. The predicted octanol–water partition coefficient (Wildman–Crippen LogP) is 0.569. The summed E-state index contributed by atoms with van der Waals surface area (Å²) in [6.45, 7) is 2.90. The monoisotopic (exact) mass is 235 g/mol. The minimum absolute atomic E-state index is 0.0825. The van der Waals surface area contributed by atoms with Crippen molar-refractivity contribution >= 4 is 11.7 Å². The highest BCUT2D eigenvalue weighted by atomic mass is 16.3. The summed E-state index contributed by atoms with van der Waals surface area (Å²) in [6, 6.07) is 3.30. The lowest BCUT2D eigenvalue weighted by molar-refractivity contribution is 0.0473. The Kier molecular flexibility index (Phi) is 3.28. The number of pyridine rings is 1. The van der Waals surface area contributed by atoms with E-state index in [1.54, 1.807) is 24.0 Å². The van der Waals surface area contributed by atoms with Crippen LogP contribution in [0.5, 0.6) is 0 Å². The van der Waals surface area contributed by atoms with Crippen molar-refractivity contribution in [1.82, 2.24) is 9.88 Å². The van der Waals surface area contributed by atoms with E-state index < -0.39 is 6.10 Å². The predicted molar refractivity (Wildman–Crippen MR) is 64.5 cm³/mol. The van der Waals surface area contributed by atoms with Gasteiger partial charge in [0.15, 0.2) is 0 Å². The first-order chi connectivity index (χ1) is 8.06. The average molecular weight is 235 g/mol. The first kappa shape index (κ1) is 11.9. The number of amides is 1. The van der Waals surface area contributed by atoms with Gasteiger partial charge in [-0.2, -0.15) is 0 Å². The van der Waals surface area contributed by atoms with Crippen LogP contribution in [0.1, 0.15) is 28.9 Å². The number of carbonyl (C=O) groups is 1. The molecule has 1 unspecified atom stereocenters. The zero-order valence-corrected chi connectivity index (χ0v) is 9.89. The fraction of sp³-hybridized carbons (Fsp3) is 0.500. The molecule has 1 aliphatic heterocycles. The molecule has 1 saturated heterocycles. The maximum atomic E-state index is 12.2. The molecular formula is C12H17N3O2. The third-order valence-electron chi connectivity index (χ3n) is 2.90. The van der Waals surface area contributed by atoms with E-state index in [-0.39, 0.29) is 5.91 Å². The van der Waals surface area contributed by atoms with Crippen LogP contribution in [-0.2, 0) is 0 Å². The van der Waals surface area contributed by atoms with E-state index in [0.717, 1.165) is 18.5 Å². The Morgan fingerprint density at radius 3 is 3.00 bits per heavy atom. The van der Waals surface area contributed by atoms with Crippen LogP contribution in [0.3, 0.4) is 0 Å². The Balaban J connectivity index is 2.18. The number of hydrogen-bond donors (Lipinski definition) is 2. The zero-order chi connectivity index (χ0) is 12.4. The standard InChI is InChI=1S/C12H17N3O2/c1-8-5-9(6-11(13)14-8)12(17)15-4-2-3-10(16)7-15/h5-6,10,16H,2-4,7H2,1H3,(H2,13,14). The zero-order valence-electron chi connectivity index (χ0n) is 9.89. The van der Waals surface area contributed by atoms with Crippen LogP contribution in [0.15, 0.2) is 12.1 Å². The van der Waals surface area contributed by atoms with Crippen LogP contribution in [0.2, 0.25) is 0 Å². The van der Waals surface area contributed by atoms with Gasteiger partial charge >= 0.3 is 0 Å². The molecular weight excluding hydrogens is 218 g/mol. The number of nitrogens with zero attached hydrogens (tertiary/aromatic N) is 2. The molecule has 1 aromatic rings. The van der Waals surface area contributed by atoms with E-state index in [0.29, 0.717) is 24.5 Å². The molecule has 0 saturated carbocycles. The van der Waals surface area contributed by atoms with Crippen molar-refractivity contribution in [3.05, 3.63) is 23.4 Å². The number of hydrogen-bond acceptors (Lipinski definition) is 4. The number of carbonyl (C=O) groups excluding carboxylic acids is 1. The summed E-state index contributed by atoms with van der Waals surface area (Å²) in [6.07, 6.45) is 1.20. The topological polar surface area (TPSA) is 79.5 Å². The second-order valence-electron chi connectivity index (χ2n) is 4.47.